The van der Waals surface area contributed by atoms with Gasteiger partial charge in [0.05, 0.1) is 0 Å². The van der Waals surface area contributed by atoms with Crippen LogP contribution in [-0.2, 0) is 0 Å². The zero-order chi connectivity index (χ0) is 20.8. The van der Waals surface area contributed by atoms with Crippen molar-refractivity contribution in [2.45, 2.75) is 21.3 Å². The van der Waals surface area contributed by atoms with E-state index in [0.717, 1.165) is 8.95 Å². The normalized spacial score (nSPS) is 11.0. The van der Waals surface area contributed by atoms with Crippen LogP contribution in [0.25, 0.3) is 43.6 Å². The van der Waals surface area contributed by atoms with Crippen molar-refractivity contribution in [3.8, 4) is 0 Å². The van der Waals surface area contributed by atoms with Gasteiger partial charge in [-0.25, -0.2) is 0 Å². The molecule has 0 radical (unpaired) electrons. The molecule has 0 atom stereocenters. The standard InChI is InChI=1S/C14H13N.C12H7Br2N.CH4/c1-9-3-5-13-11(7-9)12-8-10(2)4-6-14(12)15-13;13-7-1-3-11-9(5-7)10-6-8(14)2-4-12(10)15-11;/h3-8,15H,1-2H3;1-6,15H;1H4. The molecule has 0 saturated heterocycles. The molecule has 31 heavy (non-hydrogen) atoms. The van der Waals surface area contributed by atoms with E-state index in [2.05, 4.69) is 116 Å². The van der Waals surface area contributed by atoms with E-state index in [1.807, 2.05) is 12.1 Å². The zero-order valence-electron chi connectivity index (χ0n) is 16.7. The molecule has 156 valence electrons. The molecule has 0 bridgehead atoms. The minimum absolute atomic E-state index is 0. The van der Waals surface area contributed by atoms with Crippen LogP contribution in [0.4, 0.5) is 0 Å². The van der Waals surface area contributed by atoms with Crippen LogP contribution in [-0.4, -0.2) is 9.97 Å². The van der Waals surface area contributed by atoms with Gasteiger partial charge in [-0.2, -0.15) is 0 Å². The number of aromatic amines is 2. The van der Waals surface area contributed by atoms with E-state index >= 15 is 0 Å². The highest BCUT2D eigenvalue weighted by Crippen LogP contribution is 2.30. The second-order valence-corrected chi connectivity index (χ2v) is 9.56. The van der Waals surface area contributed by atoms with Gasteiger partial charge in [0.15, 0.2) is 0 Å². The number of hydrogen-bond acceptors (Lipinski definition) is 0. The van der Waals surface area contributed by atoms with Gasteiger partial charge in [0, 0.05) is 52.6 Å². The van der Waals surface area contributed by atoms with E-state index in [4.69, 9.17) is 0 Å². The smallest absolute Gasteiger partial charge is 0.0465 e. The summed E-state index contributed by atoms with van der Waals surface area (Å²) < 4.78 is 2.21. The maximum absolute atomic E-state index is 3.50. The molecule has 0 aliphatic heterocycles. The summed E-state index contributed by atoms with van der Waals surface area (Å²) in [6, 6.07) is 25.6. The molecular formula is C27H24Br2N2. The van der Waals surface area contributed by atoms with Gasteiger partial charge < -0.3 is 9.97 Å². The molecule has 2 nitrogen and oxygen atoms in total. The van der Waals surface area contributed by atoms with Crippen LogP contribution in [0.2, 0.25) is 0 Å². The number of fused-ring (bicyclic) bond motifs is 6. The predicted molar refractivity (Wildman–Crippen MR) is 143 cm³/mol. The van der Waals surface area contributed by atoms with Crippen LogP contribution in [0, 0.1) is 13.8 Å². The van der Waals surface area contributed by atoms with Gasteiger partial charge in [-0.15, -0.1) is 0 Å². The fraction of sp³-hybridized carbons (Fsp3) is 0.111. The molecule has 6 rings (SSSR count). The number of halogens is 2. The highest BCUT2D eigenvalue weighted by molar-refractivity contribution is 9.10. The molecule has 0 unspecified atom stereocenters. The van der Waals surface area contributed by atoms with Crippen LogP contribution < -0.4 is 0 Å². The molecule has 4 heteroatoms. The molecule has 2 heterocycles. The maximum Gasteiger partial charge on any atom is 0.0465 e. The maximum atomic E-state index is 3.50. The summed E-state index contributed by atoms with van der Waals surface area (Å²) in [5.41, 5.74) is 7.41. The minimum Gasteiger partial charge on any atom is -0.355 e. The van der Waals surface area contributed by atoms with Crippen molar-refractivity contribution >= 4 is 75.5 Å². The number of nitrogens with one attached hydrogen (secondary N) is 2. The van der Waals surface area contributed by atoms with Crippen molar-refractivity contribution in [2.75, 3.05) is 0 Å². The number of aromatic nitrogens is 2. The first-order valence-electron chi connectivity index (χ1n) is 9.83. The number of benzene rings is 4. The summed E-state index contributed by atoms with van der Waals surface area (Å²) in [4.78, 5) is 6.82. The third-order valence-electron chi connectivity index (χ3n) is 5.43. The van der Waals surface area contributed by atoms with Gasteiger partial charge in [-0.1, -0.05) is 62.5 Å². The highest BCUT2D eigenvalue weighted by atomic mass is 79.9. The van der Waals surface area contributed by atoms with E-state index in [0.29, 0.717) is 0 Å². The van der Waals surface area contributed by atoms with Crippen molar-refractivity contribution in [1.29, 1.82) is 0 Å². The molecule has 2 N–H and O–H groups in total. The highest BCUT2D eigenvalue weighted by Gasteiger charge is 2.05. The van der Waals surface area contributed by atoms with E-state index < -0.39 is 0 Å². The number of hydrogen-bond donors (Lipinski definition) is 2. The number of aryl methyl sites for hydroxylation is 2. The Kier molecular flexibility index (Phi) is 5.96. The summed E-state index contributed by atoms with van der Waals surface area (Å²) in [6.45, 7) is 4.27. The lowest BCUT2D eigenvalue weighted by Crippen LogP contribution is -1.72. The Morgan fingerprint density at radius 2 is 0.806 bits per heavy atom. The van der Waals surface area contributed by atoms with Gasteiger partial charge in [0.2, 0.25) is 0 Å². The molecule has 0 amide bonds. The third-order valence-corrected chi connectivity index (χ3v) is 6.42. The van der Waals surface area contributed by atoms with Crippen molar-refractivity contribution in [3.05, 3.63) is 92.9 Å². The first kappa shape index (κ1) is 21.7. The zero-order valence-corrected chi connectivity index (χ0v) is 19.9. The second kappa shape index (κ2) is 8.52. The van der Waals surface area contributed by atoms with Crippen LogP contribution in [0.5, 0.6) is 0 Å². The molecule has 0 aliphatic rings. The molecule has 2 aromatic heterocycles. The molecular weight excluding hydrogens is 512 g/mol. The lowest BCUT2D eigenvalue weighted by Gasteiger charge is -1.94. The summed E-state index contributed by atoms with van der Waals surface area (Å²) in [6.07, 6.45) is 0. The Morgan fingerprint density at radius 3 is 1.19 bits per heavy atom. The second-order valence-electron chi connectivity index (χ2n) is 7.73. The molecule has 0 aliphatic carbocycles. The largest absolute Gasteiger partial charge is 0.355 e. The third kappa shape index (κ3) is 4.15. The fourth-order valence-electron chi connectivity index (χ4n) is 3.97. The Hall–Kier alpha value is -2.56. The Morgan fingerprint density at radius 1 is 0.484 bits per heavy atom. The van der Waals surface area contributed by atoms with Crippen molar-refractivity contribution < 1.29 is 0 Å². The fourth-order valence-corrected chi connectivity index (χ4v) is 4.69. The van der Waals surface area contributed by atoms with Crippen LogP contribution in [0.15, 0.2) is 81.7 Å². The Bertz CT molecular complexity index is 1310. The van der Waals surface area contributed by atoms with Gasteiger partial charge in [0.1, 0.15) is 0 Å². The summed E-state index contributed by atoms with van der Waals surface area (Å²) in [5.74, 6) is 0. The number of H-pyrrole nitrogens is 2. The number of rotatable bonds is 0. The van der Waals surface area contributed by atoms with Crippen LogP contribution >= 0.6 is 31.9 Å². The van der Waals surface area contributed by atoms with Gasteiger partial charge >= 0.3 is 0 Å². The van der Waals surface area contributed by atoms with Crippen molar-refractivity contribution in [3.63, 3.8) is 0 Å². The summed E-state index contributed by atoms with van der Waals surface area (Å²) in [7, 11) is 0. The molecule has 0 fully saturated rings. The average Bonchev–Trinajstić information content (AvgIpc) is 3.26. The van der Waals surface area contributed by atoms with E-state index in [1.165, 1.54) is 54.7 Å². The molecule has 0 spiro atoms. The monoisotopic (exact) mass is 534 g/mol. The lowest BCUT2D eigenvalue weighted by molar-refractivity contribution is 1.48. The van der Waals surface area contributed by atoms with E-state index in [9.17, 15) is 0 Å². The van der Waals surface area contributed by atoms with Crippen molar-refractivity contribution in [2.24, 2.45) is 0 Å². The van der Waals surface area contributed by atoms with E-state index in [-0.39, 0.29) is 7.43 Å². The first-order valence-corrected chi connectivity index (χ1v) is 11.4. The van der Waals surface area contributed by atoms with Crippen LogP contribution in [0.3, 0.4) is 0 Å². The minimum atomic E-state index is 0. The average molecular weight is 536 g/mol. The molecule has 0 saturated carbocycles. The first-order chi connectivity index (χ1) is 14.5. The molecule has 4 aromatic carbocycles. The van der Waals surface area contributed by atoms with Gasteiger partial charge in [-0.05, 0) is 74.5 Å². The predicted octanol–water partition coefficient (Wildman–Crippen LogP) is 9.42. The van der Waals surface area contributed by atoms with Crippen LogP contribution in [0.1, 0.15) is 18.6 Å². The van der Waals surface area contributed by atoms with Gasteiger partial charge in [-0.3, -0.25) is 0 Å². The quantitative estimate of drug-likeness (QED) is 0.194. The Balaban J connectivity index is 0.000000144. The molecule has 6 aromatic rings. The lowest BCUT2D eigenvalue weighted by atomic mass is 10.1. The topological polar surface area (TPSA) is 31.6 Å². The van der Waals surface area contributed by atoms with Gasteiger partial charge in [0.25, 0.3) is 0 Å². The summed E-state index contributed by atoms with van der Waals surface area (Å²) >= 11 is 6.99. The SMILES string of the molecule is Brc1ccc2[nH]c3ccc(Br)cc3c2c1.C.Cc1ccc2[nH]c3ccc(C)cc3c2c1. The Labute approximate surface area is 198 Å². The van der Waals surface area contributed by atoms with E-state index in [1.54, 1.807) is 0 Å². The summed E-state index contributed by atoms with van der Waals surface area (Å²) in [5, 5.41) is 5.16. The van der Waals surface area contributed by atoms with Crippen molar-refractivity contribution in [1.82, 2.24) is 9.97 Å².